The maximum Gasteiger partial charge on any atom is 0.319 e. The first-order chi connectivity index (χ1) is 8.43. The number of aliphatic hydroxyl groups excluding tert-OH is 1. The van der Waals surface area contributed by atoms with Crippen molar-refractivity contribution < 1.29 is 14.8 Å². The predicted octanol–water partition coefficient (Wildman–Crippen LogP) is 1.41. The van der Waals surface area contributed by atoms with E-state index in [4.69, 9.17) is 5.11 Å². The number of nitrogens with one attached hydrogen (secondary N) is 2. The number of hydrogen-bond donors (Lipinski definition) is 3. The monoisotopic (exact) mass is 253 g/mol. The number of nitro benzene ring substituents is 1. The lowest BCUT2D eigenvalue weighted by molar-refractivity contribution is -0.384. The number of benzene rings is 1. The summed E-state index contributed by atoms with van der Waals surface area (Å²) >= 11 is 0. The quantitative estimate of drug-likeness (QED) is 0.557. The lowest BCUT2D eigenvalue weighted by Gasteiger charge is -2.13. The van der Waals surface area contributed by atoms with Crippen LogP contribution in [0.5, 0.6) is 0 Å². The second-order valence-corrected chi connectivity index (χ2v) is 3.94. The van der Waals surface area contributed by atoms with Crippen molar-refractivity contribution in [1.29, 1.82) is 0 Å². The molecular formula is C11H15N3O4. The van der Waals surface area contributed by atoms with E-state index >= 15 is 0 Å². The Morgan fingerprint density at radius 2 is 2.22 bits per heavy atom. The first-order valence-corrected chi connectivity index (χ1v) is 5.37. The summed E-state index contributed by atoms with van der Waals surface area (Å²) in [6.07, 6.45) is 0. The molecule has 7 heteroatoms. The van der Waals surface area contributed by atoms with Crippen molar-refractivity contribution in [2.45, 2.75) is 19.9 Å². The third-order valence-electron chi connectivity index (χ3n) is 2.32. The lowest BCUT2D eigenvalue weighted by atomic mass is 10.2. The Hall–Kier alpha value is -2.15. The van der Waals surface area contributed by atoms with Crippen LogP contribution in [0.15, 0.2) is 18.2 Å². The van der Waals surface area contributed by atoms with E-state index < -0.39 is 11.0 Å². The van der Waals surface area contributed by atoms with Crippen molar-refractivity contribution in [2.24, 2.45) is 0 Å². The molecule has 18 heavy (non-hydrogen) atoms. The van der Waals surface area contributed by atoms with E-state index in [1.165, 1.54) is 18.2 Å². The van der Waals surface area contributed by atoms with Crippen LogP contribution in [0.4, 0.5) is 16.2 Å². The number of aliphatic hydroxyl groups is 1. The van der Waals surface area contributed by atoms with Gasteiger partial charge in [-0.1, -0.05) is 0 Å². The van der Waals surface area contributed by atoms with Crippen molar-refractivity contribution in [3.8, 4) is 0 Å². The van der Waals surface area contributed by atoms with Crippen LogP contribution in [0.2, 0.25) is 0 Å². The topological polar surface area (TPSA) is 105 Å². The van der Waals surface area contributed by atoms with Gasteiger partial charge in [-0.2, -0.15) is 0 Å². The van der Waals surface area contributed by atoms with Crippen LogP contribution in [0.1, 0.15) is 12.5 Å². The summed E-state index contributed by atoms with van der Waals surface area (Å²) < 4.78 is 0. The molecule has 0 radical (unpaired) electrons. The minimum Gasteiger partial charge on any atom is -0.394 e. The lowest BCUT2D eigenvalue weighted by Crippen LogP contribution is -2.38. The first kappa shape index (κ1) is 13.9. The Morgan fingerprint density at radius 3 is 2.72 bits per heavy atom. The minimum atomic E-state index is -0.495. The molecule has 1 atom stereocenters. The molecule has 98 valence electrons. The van der Waals surface area contributed by atoms with E-state index in [2.05, 4.69) is 10.6 Å². The zero-order valence-electron chi connectivity index (χ0n) is 10.1. The van der Waals surface area contributed by atoms with Crippen LogP contribution < -0.4 is 10.6 Å². The number of nitro groups is 1. The average Bonchev–Trinajstić information content (AvgIpc) is 2.31. The molecule has 0 aliphatic carbocycles. The van der Waals surface area contributed by atoms with Gasteiger partial charge in [0.15, 0.2) is 0 Å². The maximum atomic E-state index is 11.5. The fourth-order valence-corrected chi connectivity index (χ4v) is 1.33. The Kier molecular flexibility index (Phi) is 4.61. The SMILES string of the molecule is Cc1cc([N+](=O)[O-])ccc1NC(=O)N[C@@H](C)CO. The zero-order valence-corrected chi connectivity index (χ0v) is 10.1. The number of amides is 2. The molecule has 0 bridgehead atoms. The van der Waals surface area contributed by atoms with Gasteiger partial charge in [0.2, 0.25) is 0 Å². The predicted molar refractivity (Wildman–Crippen MR) is 66.5 cm³/mol. The number of anilines is 1. The van der Waals surface area contributed by atoms with Gasteiger partial charge in [-0.3, -0.25) is 10.1 Å². The summed E-state index contributed by atoms with van der Waals surface area (Å²) in [6.45, 7) is 3.16. The molecular weight excluding hydrogens is 238 g/mol. The zero-order chi connectivity index (χ0) is 13.7. The molecule has 7 nitrogen and oxygen atoms in total. The van der Waals surface area contributed by atoms with Crippen molar-refractivity contribution in [3.05, 3.63) is 33.9 Å². The van der Waals surface area contributed by atoms with Gasteiger partial charge in [0, 0.05) is 17.8 Å². The smallest absolute Gasteiger partial charge is 0.319 e. The molecule has 0 aliphatic heterocycles. The van der Waals surface area contributed by atoms with Gasteiger partial charge in [0.25, 0.3) is 5.69 Å². The fraction of sp³-hybridized carbons (Fsp3) is 0.364. The van der Waals surface area contributed by atoms with Crippen LogP contribution in [-0.2, 0) is 0 Å². The van der Waals surface area contributed by atoms with Crippen LogP contribution in [0, 0.1) is 17.0 Å². The molecule has 0 aromatic heterocycles. The summed E-state index contributed by atoms with van der Waals surface area (Å²) in [5.74, 6) is 0. The number of nitrogens with zero attached hydrogens (tertiary/aromatic N) is 1. The van der Waals surface area contributed by atoms with Crippen molar-refractivity contribution in [3.63, 3.8) is 0 Å². The average molecular weight is 253 g/mol. The fourth-order valence-electron chi connectivity index (χ4n) is 1.33. The largest absolute Gasteiger partial charge is 0.394 e. The second-order valence-electron chi connectivity index (χ2n) is 3.94. The van der Waals surface area contributed by atoms with Crippen molar-refractivity contribution >= 4 is 17.4 Å². The number of carbonyl (C=O) groups excluding carboxylic acids is 1. The highest BCUT2D eigenvalue weighted by Crippen LogP contribution is 2.20. The maximum absolute atomic E-state index is 11.5. The molecule has 1 aromatic carbocycles. The van der Waals surface area contributed by atoms with Gasteiger partial charge in [-0.25, -0.2) is 4.79 Å². The van der Waals surface area contributed by atoms with Crippen LogP contribution in [0.25, 0.3) is 0 Å². The number of hydrogen-bond acceptors (Lipinski definition) is 4. The molecule has 1 aromatic rings. The Morgan fingerprint density at radius 1 is 1.56 bits per heavy atom. The molecule has 2 amide bonds. The third-order valence-corrected chi connectivity index (χ3v) is 2.32. The van der Waals surface area contributed by atoms with Gasteiger partial charge in [-0.15, -0.1) is 0 Å². The number of urea groups is 1. The molecule has 1 rings (SSSR count). The van der Waals surface area contributed by atoms with E-state index in [1.54, 1.807) is 13.8 Å². The molecule has 3 N–H and O–H groups in total. The molecule has 0 fully saturated rings. The van der Waals surface area contributed by atoms with E-state index in [0.29, 0.717) is 11.3 Å². The van der Waals surface area contributed by atoms with Crippen molar-refractivity contribution in [2.75, 3.05) is 11.9 Å². The summed E-state index contributed by atoms with van der Waals surface area (Å²) in [5, 5.41) is 24.4. The van der Waals surface area contributed by atoms with Gasteiger partial charge in [0.1, 0.15) is 0 Å². The van der Waals surface area contributed by atoms with Gasteiger partial charge >= 0.3 is 6.03 Å². The van der Waals surface area contributed by atoms with Crippen LogP contribution in [0.3, 0.4) is 0 Å². The van der Waals surface area contributed by atoms with Gasteiger partial charge in [-0.05, 0) is 25.5 Å². The number of non-ortho nitro benzene ring substituents is 1. The highest BCUT2D eigenvalue weighted by Gasteiger charge is 2.11. The molecule has 0 saturated carbocycles. The highest BCUT2D eigenvalue weighted by atomic mass is 16.6. The molecule has 0 spiro atoms. The van der Waals surface area contributed by atoms with Gasteiger partial charge < -0.3 is 15.7 Å². The number of aryl methyl sites for hydroxylation is 1. The minimum absolute atomic E-state index is 0.0258. The van der Waals surface area contributed by atoms with E-state index in [-0.39, 0.29) is 18.3 Å². The normalized spacial score (nSPS) is 11.7. The van der Waals surface area contributed by atoms with Crippen molar-refractivity contribution in [1.82, 2.24) is 5.32 Å². The van der Waals surface area contributed by atoms with E-state index in [0.717, 1.165) is 0 Å². The Labute approximate surface area is 104 Å². The number of rotatable bonds is 4. The Balaban J connectivity index is 2.74. The molecule has 0 heterocycles. The van der Waals surface area contributed by atoms with E-state index in [9.17, 15) is 14.9 Å². The third kappa shape index (κ3) is 3.70. The molecule has 0 unspecified atom stereocenters. The second kappa shape index (κ2) is 5.97. The summed E-state index contributed by atoms with van der Waals surface area (Å²) in [4.78, 5) is 21.5. The molecule has 0 saturated heterocycles. The van der Waals surface area contributed by atoms with Gasteiger partial charge in [0.05, 0.1) is 17.6 Å². The summed E-state index contributed by atoms with van der Waals surface area (Å²) in [7, 11) is 0. The number of carbonyl (C=O) groups is 1. The summed E-state index contributed by atoms with van der Waals surface area (Å²) in [6, 6.07) is 3.34. The Bertz CT molecular complexity index is 462. The highest BCUT2D eigenvalue weighted by molar-refractivity contribution is 5.90. The standard InChI is InChI=1S/C11H15N3O4/c1-7-5-9(14(17)18)3-4-10(7)13-11(16)12-8(2)6-15/h3-5,8,15H,6H2,1-2H3,(H2,12,13,16)/t8-/m0/s1. The van der Waals surface area contributed by atoms with Crippen LogP contribution in [-0.4, -0.2) is 28.7 Å². The molecule has 0 aliphatic rings. The van der Waals surface area contributed by atoms with E-state index in [1.807, 2.05) is 0 Å². The van der Waals surface area contributed by atoms with Crippen LogP contribution >= 0.6 is 0 Å². The summed E-state index contributed by atoms with van der Waals surface area (Å²) in [5.41, 5.74) is 1.06. The first-order valence-electron chi connectivity index (χ1n) is 5.37.